The van der Waals surface area contributed by atoms with E-state index in [0.29, 0.717) is 12.2 Å². The van der Waals surface area contributed by atoms with E-state index in [1.165, 1.54) is 0 Å². The zero-order valence-corrected chi connectivity index (χ0v) is 13.3. The number of hydrogen-bond donors (Lipinski definition) is 1. The predicted molar refractivity (Wildman–Crippen MR) is 86.7 cm³/mol. The normalized spacial score (nSPS) is 10.7. The zero-order chi connectivity index (χ0) is 16.4. The summed E-state index contributed by atoms with van der Waals surface area (Å²) in [5.74, 6) is -0.156. The van der Waals surface area contributed by atoms with Crippen molar-refractivity contribution in [2.75, 3.05) is 5.32 Å². The Hall–Kier alpha value is -2.96. The SMILES string of the molecule is CCn1cnc(C(=O)Nc2ccc(-n3cnc(C)c3C)cc2)n1. The third-order valence-electron chi connectivity index (χ3n) is 3.72. The molecular formula is C16H18N6O. The minimum Gasteiger partial charge on any atom is -0.319 e. The molecule has 118 valence electrons. The first kappa shape index (κ1) is 15.0. The molecule has 0 unspecified atom stereocenters. The topological polar surface area (TPSA) is 77.6 Å². The Kier molecular flexibility index (Phi) is 3.92. The second kappa shape index (κ2) is 6.04. The second-order valence-electron chi connectivity index (χ2n) is 5.21. The molecule has 1 N–H and O–H groups in total. The lowest BCUT2D eigenvalue weighted by atomic mass is 10.2. The summed E-state index contributed by atoms with van der Waals surface area (Å²) in [6.07, 6.45) is 3.34. The van der Waals surface area contributed by atoms with Gasteiger partial charge in [0.2, 0.25) is 5.82 Å². The Bertz CT molecular complexity index is 831. The molecule has 2 heterocycles. The molecule has 0 aliphatic carbocycles. The molecule has 1 amide bonds. The summed E-state index contributed by atoms with van der Waals surface area (Å²) < 4.78 is 3.62. The summed E-state index contributed by atoms with van der Waals surface area (Å²) in [4.78, 5) is 20.4. The summed E-state index contributed by atoms with van der Waals surface area (Å²) in [7, 11) is 0. The number of hydrogen-bond acceptors (Lipinski definition) is 4. The number of benzene rings is 1. The highest BCUT2D eigenvalue weighted by Gasteiger charge is 2.11. The first-order valence-electron chi connectivity index (χ1n) is 7.40. The Morgan fingerprint density at radius 3 is 2.43 bits per heavy atom. The van der Waals surface area contributed by atoms with Crippen LogP contribution in [-0.4, -0.2) is 30.2 Å². The first-order valence-corrected chi connectivity index (χ1v) is 7.40. The number of amides is 1. The molecule has 3 aromatic rings. The summed E-state index contributed by atoms with van der Waals surface area (Å²) in [6.45, 7) is 6.62. The molecule has 0 bridgehead atoms. The van der Waals surface area contributed by atoms with Crippen LogP contribution in [0.1, 0.15) is 28.9 Å². The number of nitrogens with zero attached hydrogens (tertiary/aromatic N) is 5. The van der Waals surface area contributed by atoms with E-state index in [0.717, 1.165) is 17.1 Å². The lowest BCUT2D eigenvalue weighted by Gasteiger charge is -2.07. The molecule has 0 fully saturated rings. The van der Waals surface area contributed by atoms with Crippen molar-refractivity contribution in [2.45, 2.75) is 27.3 Å². The van der Waals surface area contributed by atoms with Gasteiger partial charge in [0.05, 0.1) is 12.0 Å². The summed E-state index contributed by atoms with van der Waals surface area (Å²) >= 11 is 0. The van der Waals surface area contributed by atoms with Crippen molar-refractivity contribution < 1.29 is 4.79 Å². The van der Waals surface area contributed by atoms with Gasteiger partial charge < -0.3 is 9.88 Å². The molecule has 3 rings (SSSR count). The number of nitrogens with one attached hydrogen (secondary N) is 1. The van der Waals surface area contributed by atoms with Crippen molar-refractivity contribution in [2.24, 2.45) is 0 Å². The second-order valence-corrected chi connectivity index (χ2v) is 5.21. The van der Waals surface area contributed by atoms with Crippen LogP contribution < -0.4 is 5.32 Å². The van der Waals surface area contributed by atoms with Gasteiger partial charge >= 0.3 is 0 Å². The molecule has 0 saturated heterocycles. The van der Waals surface area contributed by atoms with Crippen LogP contribution in [0.5, 0.6) is 0 Å². The van der Waals surface area contributed by atoms with Gasteiger partial charge in [0.15, 0.2) is 0 Å². The van der Waals surface area contributed by atoms with Gasteiger partial charge in [-0.25, -0.2) is 9.97 Å². The number of rotatable bonds is 4. The quantitative estimate of drug-likeness (QED) is 0.802. The van der Waals surface area contributed by atoms with Crippen LogP contribution in [0.2, 0.25) is 0 Å². The van der Waals surface area contributed by atoms with Crippen LogP contribution in [0.15, 0.2) is 36.9 Å². The molecule has 7 heteroatoms. The van der Waals surface area contributed by atoms with E-state index in [2.05, 4.69) is 20.4 Å². The molecule has 0 radical (unpaired) electrons. The molecule has 2 aromatic heterocycles. The predicted octanol–water partition coefficient (Wildman–Crippen LogP) is 2.35. The maximum absolute atomic E-state index is 12.1. The third-order valence-corrected chi connectivity index (χ3v) is 3.72. The first-order chi connectivity index (χ1) is 11.1. The van der Waals surface area contributed by atoms with E-state index in [4.69, 9.17) is 0 Å². The molecule has 1 aromatic carbocycles. The van der Waals surface area contributed by atoms with Crippen LogP contribution in [0.3, 0.4) is 0 Å². The van der Waals surface area contributed by atoms with Gasteiger partial charge in [-0.15, -0.1) is 5.10 Å². The van der Waals surface area contributed by atoms with Crippen LogP contribution in [-0.2, 0) is 6.54 Å². The average Bonchev–Trinajstić information content (AvgIpc) is 3.16. The van der Waals surface area contributed by atoms with Crippen LogP contribution >= 0.6 is 0 Å². The maximum atomic E-state index is 12.1. The maximum Gasteiger partial charge on any atom is 0.295 e. The number of imidazole rings is 1. The molecule has 0 aliphatic rings. The van der Waals surface area contributed by atoms with E-state index < -0.39 is 0 Å². The van der Waals surface area contributed by atoms with Gasteiger partial charge in [0.1, 0.15) is 6.33 Å². The monoisotopic (exact) mass is 310 g/mol. The fourth-order valence-corrected chi connectivity index (χ4v) is 2.20. The third kappa shape index (κ3) is 2.98. The lowest BCUT2D eigenvalue weighted by molar-refractivity contribution is 0.101. The molecular weight excluding hydrogens is 292 g/mol. The van der Waals surface area contributed by atoms with E-state index in [1.54, 1.807) is 17.3 Å². The van der Waals surface area contributed by atoms with E-state index >= 15 is 0 Å². The van der Waals surface area contributed by atoms with E-state index in [9.17, 15) is 4.79 Å². The van der Waals surface area contributed by atoms with Gasteiger partial charge in [0.25, 0.3) is 5.91 Å². The molecule has 0 spiro atoms. The van der Waals surface area contributed by atoms with Crippen molar-refractivity contribution in [3.8, 4) is 5.69 Å². The fourth-order valence-electron chi connectivity index (χ4n) is 2.20. The standard InChI is InChI=1S/C16H18N6O/c1-4-21-9-18-15(20-21)16(23)19-13-5-7-14(8-6-13)22-10-17-11(2)12(22)3/h5-10H,4H2,1-3H3,(H,19,23). The number of carbonyl (C=O) groups is 1. The van der Waals surface area contributed by atoms with Crippen molar-refractivity contribution in [1.29, 1.82) is 0 Å². The van der Waals surface area contributed by atoms with E-state index in [-0.39, 0.29) is 11.7 Å². The summed E-state index contributed by atoms with van der Waals surface area (Å²) in [6, 6.07) is 7.56. The Morgan fingerprint density at radius 2 is 1.87 bits per heavy atom. The van der Waals surface area contributed by atoms with Crippen LogP contribution in [0, 0.1) is 13.8 Å². The number of anilines is 1. The van der Waals surface area contributed by atoms with Gasteiger partial charge in [-0.05, 0) is 45.0 Å². The molecule has 7 nitrogen and oxygen atoms in total. The van der Waals surface area contributed by atoms with Gasteiger partial charge in [-0.2, -0.15) is 0 Å². The Labute approximate surface area is 134 Å². The van der Waals surface area contributed by atoms with Crippen molar-refractivity contribution in [3.05, 3.63) is 54.1 Å². The molecule has 0 aliphatic heterocycles. The average molecular weight is 310 g/mol. The van der Waals surface area contributed by atoms with Crippen LogP contribution in [0.4, 0.5) is 5.69 Å². The highest BCUT2D eigenvalue weighted by molar-refractivity contribution is 6.01. The fraction of sp³-hybridized carbons (Fsp3) is 0.250. The minimum atomic E-state index is -0.320. The highest BCUT2D eigenvalue weighted by Crippen LogP contribution is 2.17. The largest absolute Gasteiger partial charge is 0.319 e. The minimum absolute atomic E-state index is 0.164. The Morgan fingerprint density at radius 1 is 1.13 bits per heavy atom. The van der Waals surface area contributed by atoms with Gasteiger partial charge in [0, 0.05) is 23.6 Å². The van der Waals surface area contributed by atoms with Crippen molar-refractivity contribution in [3.63, 3.8) is 0 Å². The highest BCUT2D eigenvalue weighted by atomic mass is 16.2. The molecule has 23 heavy (non-hydrogen) atoms. The van der Waals surface area contributed by atoms with Crippen molar-refractivity contribution in [1.82, 2.24) is 24.3 Å². The van der Waals surface area contributed by atoms with Crippen LogP contribution in [0.25, 0.3) is 5.69 Å². The smallest absolute Gasteiger partial charge is 0.295 e. The number of carbonyl (C=O) groups excluding carboxylic acids is 1. The number of aryl methyl sites for hydroxylation is 2. The Balaban J connectivity index is 1.74. The number of aromatic nitrogens is 5. The molecule has 0 atom stereocenters. The summed E-state index contributed by atoms with van der Waals surface area (Å²) in [5, 5.41) is 6.88. The zero-order valence-electron chi connectivity index (χ0n) is 13.3. The lowest BCUT2D eigenvalue weighted by Crippen LogP contribution is -2.14. The van der Waals surface area contributed by atoms with Gasteiger partial charge in [-0.3, -0.25) is 9.48 Å². The molecule has 0 saturated carbocycles. The summed E-state index contributed by atoms with van der Waals surface area (Å²) in [5.41, 5.74) is 3.78. The van der Waals surface area contributed by atoms with Crippen molar-refractivity contribution >= 4 is 11.6 Å². The van der Waals surface area contributed by atoms with Gasteiger partial charge in [-0.1, -0.05) is 0 Å². The van der Waals surface area contributed by atoms with E-state index in [1.807, 2.05) is 49.6 Å².